The Morgan fingerprint density at radius 2 is 2.17 bits per heavy atom. The average molecular weight is 409 g/mol. The Labute approximate surface area is 175 Å². The molecule has 3 atom stereocenters. The van der Waals surface area contributed by atoms with Crippen LogP contribution in [0.3, 0.4) is 0 Å². The van der Waals surface area contributed by atoms with Gasteiger partial charge in [-0.1, -0.05) is 24.6 Å². The third-order valence-electron chi connectivity index (χ3n) is 5.98. The van der Waals surface area contributed by atoms with Crippen molar-refractivity contribution in [3.05, 3.63) is 64.0 Å². The highest BCUT2D eigenvalue weighted by Gasteiger charge is 2.29. The second-order valence-electron chi connectivity index (χ2n) is 8.10. The first-order chi connectivity index (χ1) is 14.5. The molecule has 0 bridgehead atoms. The van der Waals surface area contributed by atoms with Crippen molar-refractivity contribution < 1.29 is 9.53 Å². The molecule has 7 heteroatoms. The molecular weight excluding hydrogens is 380 g/mol. The predicted molar refractivity (Wildman–Crippen MR) is 115 cm³/mol. The molecule has 4 rings (SSSR count). The van der Waals surface area contributed by atoms with Crippen LogP contribution in [-0.2, 0) is 16.0 Å². The van der Waals surface area contributed by atoms with Crippen LogP contribution in [0, 0.1) is 12.8 Å². The van der Waals surface area contributed by atoms with Crippen LogP contribution < -0.4 is 10.9 Å². The number of nitrogens with one attached hydrogen (secondary N) is 3. The number of amides is 1. The summed E-state index contributed by atoms with van der Waals surface area (Å²) in [5, 5.41) is 4.29. The molecule has 1 aliphatic carbocycles. The SMILES string of the molecule is COC1CCCC(C(=O)NC(Cc2c[nH]c3ccccc23)c2cc(=O)[nH]c(C)n2)C1. The van der Waals surface area contributed by atoms with Crippen LogP contribution in [0.2, 0.25) is 0 Å². The van der Waals surface area contributed by atoms with Crippen molar-refractivity contribution in [2.45, 2.75) is 51.2 Å². The molecule has 3 N–H and O–H groups in total. The molecule has 1 fully saturated rings. The highest BCUT2D eigenvalue weighted by molar-refractivity contribution is 5.83. The fourth-order valence-electron chi connectivity index (χ4n) is 4.42. The fourth-order valence-corrected chi connectivity index (χ4v) is 4.42. The van der Waals surface area contributed by atoms with E-state index >= 15 is 0 Å². The largest absolute Gasteiger partial charge is 0.381 e. The van der Waals surface area contributed by atoms with Crippen molar-refractivity contribution in [3.63, 3.8) is 0 Å². The number of fused-ring (bicyclic) bond motifs is 1. The zero-order valence-electron chi connectivity index (χ0n) is 17.4. The standard InChI is InChI=1S/C23H28N4O3/c1-14-25-21(12-22(28)26-14)20(11-16-13-24-19-9-4-3-8-18(16)19)27-23(29)15-6-5-7-17(10-15)30-2/h3-4,8-9,12-13,15,17,20,24H,5-7,10-11H2,1-2H3,(H,27,29)(H,25,26,28). The maximum Gasteiger partial charge on any atom is 0.251 e. The number of benzene rings is 1. The van der Waals surface area contributed by atoms with Gasteiger partial charge in [0, 0.05) is 42.6 Å². The van der Waals surface area contributed by atoms with E-state index in [2.05, 4.69) is 26.3 Å². The first-order valence-corrected chi connectivity index (χ1v) is 10.5. The number of H-pyrrole nitrogens is 2. The molecule has 1 aliphatic rings. The topological polar surface area (TPSA) is 99.9 Å². The van der Waals surface area contributed by atoms with Crippen LogP contribution in [0.15, 0.2) is 41.3 Å². The molecule has 0 aliphatic heterocycles. The van der Waals surface area contributed by atoms with E-state index < -0.39 is 0 Å². The third-order valence-corrected chi connectivity index (χ3v) is 5.98. The maximum absolute atomic E-state index is 13.1. The quantitative estimate of drug-likeness (QED) is 0.583. The van der Waals surface area contributed by atoms with Crippen LogP contribution in [0.5, 0.6) is 0 Å². The number of methoxy groups -OCH3 is 1. The molecule has 2 heterocycles. The molecule has 0 spiro atoms. The summed E-state index contributed by atoms with van der Waals surface area (Å²) < 4.78 is 5.48. The molecule has 0 saturated heterocycles. The van der Waals surface area contributed by atoms with Gasteiger partial charge in [-0.2, -0.15) is 0 Å². The smallest absolute Gasteiger partial charge is 0.251 e. The van der Waals surface area contributed by atoms with Crippen LogP contribution in [-0.4, -0.2) is 34.1 Å². The lowest BCUT2D eigenvalue weighted by Crippen LogP contribution is -2.39. The number of aromatic nitrogens is 3. The fraction of sp³-hybridized carbons (Fsp3) is 0.435. The number of nitrogens with zero attached hydrogens (tertiary/aromatic N) is 1. The number of aryl methyl sites for hydroxylation is 1. The summed E-state index contributed by atoms with van der Waals surface area (Å²) in [6.07, 6.45) is 6.19. The molecular formula is C23H28N4O3. The lowest BCUT2D eigenvalue weighted by atomic mass is 9.86. The van der Waals surface area contributed by atoms with Gasteiger partial charge in [-0.3, -0.25) is 9.59 Å². The van der Waals surface area contributed by atoms with Crippen molar-refractivity contribution in [1.29, 1.82) is 0 Å². The van der Waals surface area contributed by atoms with E-state index in [1.54, 1.807) is 14.0 Å². The Kier molecular flexibility index (Phi) is 5.99. The Morgan fingerprint density at radius 1 is 1.33 bits per heavy atom. The molecule has 3 aromatic rings. The van der Waals surface area contributed by atoms with Gasteiger partial charge in [0.25, 0.3) is 5.56 Å². The number of aromatic amines is 2. The Balaban J connectivity index is 1.61. The molecule has 30 heavy (non-hydrogen) atoms. The number of carbonyl (C=O) groups is 1. The molecule has 0 radical (unpaired) electrons. The highest BCUT2D eigenvalue weighted by atomic mass is 16.5. The highest BCUT2D eigenvalue weighted by Crippen LogP contribution is 2.28. The minimum absolute atomic E-state index is 0.00123. The van der Waals surface area contributed by atoms with Gasteiger partial charge >= 0.3 is 0 Å². The van der Waals surface area contributed by atoms with E-state index in [1.165, 1.54) is 6.07 Å². The predicted octanol–water partition coefficient (Wildman–Crippen LogP) is 3.16. The van der Waals surface area contributed by atoms with Crippen LogP contribution >= 0.6 is 0 Å². The van der Waals surface area contributed by atoms with Gasteiger partial charge in [-0.05, 0) is 37.8 Å². The van der Waals surface area contributed by atoms with E-state index in [-0.39, 0.29) is 29.5 Å². The van der Waals surface area contributed by atoms with Gasteiger partial charge in [0.15, 0.2) is 0 Å². The number of para-hydroxylation sites is 1. The van der Waals surface area contributed by atoms with Crippen LogP contribution in [0.25, 0.3) is 10.9 Å². The summed E-state index contributed by atoms with van der Waals surface area (Å²) in [4.78, 5) is 35.7. The van der Waals surface area contributed by atoms with Crippen molar-refractivity contribution >= 4 is 16.8 Å². The molecule has 1 saturated carbocycles. The van der Waals surface area contributed by atoms with Crippen LogP contribution in [0.1, 0.15) is 48.8 Å². The molecule has 158 valence electrons. The summed E-state index contributed by atoms with van der Waals surface area (Å²) in [6.45, 7) is 1.75. The Morgan fingerprint density at radius 3 is 2.97 bits per heavy atom. The zero-order chi connectivity index (χ0) is 21.1. The number of carbonyl (C=O) groups excluding carboxylic acids is 1. The van der Waals surface area contributed by atoms with Gasteiger partial charge in [-0.25, -0.2) is 4.98 Å². The summed E-state index contributed by atoms with van der Waals surface area (Å²) >= 11 is 0. The second-order valence-corrected chi connectivity index (χ2v) is 8.10. The Bertz CT molecular complexity index is 1090. The lowest BCUT2D eigenvalue weighted by molar-refractivity contribution is -0.128. The van der Waals surface area contributed by atoms with E-state index in [0.29, 0.717) is 17.9 Å². The first kappa shape index (κ1) is 20.3. The van der Waals surface area contributed by atoms with Gasteiger partial charge in [0.05, 0.1) is 17.8 Å². The summed E-state index contributed by atoms with van der Waals surface area (Å²) in [7, 11) is 1.70. The van der Waals surface area contributed by atoms with Gasteiger partial charge in [0.1, 0.15) is 5.82 Å². The van der Waals surface area contributed by atoms with E-state index in [1.807, 2.05) is 24.4 Å². The number of hydrogen-bond donors (Lipinski definition) is 3. The lowest BCUT2D eigenvalue weighted by Gasteiger charge is -2.29. The van der Waals surface area contributed by atoms with Gasteiger partial charge < -0.3 is 20.0 Å². The van der Waals surface area contributed by atoms with Gasteiger partial charge in [-0.15, -0.1) is 0 Å². The normalized spacial score (nSPS) is 20.2. The number of rotatable bonds is 6. The summed E-state index contributed by atoms with van der Waals surface area (Å²) in [6, 6.07) is 9.15. The molecule has 7 nitrogen and oxygen atoms in total. The van der Waals surface area contributed by atoms with Gasteiger partial charge in [0.2, 0.25) is 5.91 Å². The minimum Gasteiger partial charge on any atom is -0.381 e. The Hall–Kier alpha value is -2.93. The third kappa shape index (κ3) is 4.46. The van der Waals surface area contributed by atoms with E-state index in [0.717, 1.165) is 42.1 Å². The van der Waals surface area contributed by atoms with Crippen molar-refractivity contribution in [3.8, 4) is 0 Å². The second kappa shape index (κ2) is 8.83. The maximum atomic E-state index is 13.1. The van der Waals surface area contributed by atoms with Crippen molar-refractivity contribution in [2.24, 2.45) is 5.92 Å². The monoisotopic (exact) mass is 408 g/mol. The van der Waals surface area contributed by atoms with E-state index in [9.17, 15) is 9.59 Å². The molecule has 2 aromatic heterocycles. The van der Waals surface area contributed by atoms with Crippen LogP contribution in [0.4, 0.5) is 0 Å². The number of hydrogen-bond acceptors (Lipinski definition) is 4. The summed E-state index contributed by atoms with van der Waals surface area (Å²) in [5.74, 6) is 0.450. The van der Waals surface area contributed by atoms with E-state index in [4.69, 9.17) is 4.74 Å². The average Bonchev–Trinajstić information content (AvgIpc) is 3.15. The first-order valence-electron chi connectivity index (χ1n) is 10.5. The van der Waals surface area contributed by atoms with Crippen molar-refractivity contribution in [1.82, 2.24) is 20.3 Å². The molecule has 1 aromatic carbocycles. The van der Waals surface area contributed by atoms with Crippen molar-refractivity contribution in [2.75, 3.05) is 7.11 Å². The summed E-state index contributed by atoms with van der Waals surface area (Å²) in [5.41, 5.74) is 2.48. The minimum atomic E-state index is -0.388. The molecule has 1 amide bonds. The zero-order valence-corrected chi connectivity index (χ0v) is 17.4. The molecule has 3 unspecified atom stereocenters. The number of ether oxygens (including phenoxy) is 1.